The quantitative estimate of drug-likeness (QED) is 0.592. The molecule has 1 unspecified atom stereocenters. The molecule has 0 aliphatic heterocycles. The van der Waals surface area contributed by atoms with Crippen LogP contribution in [0.3, 0.4) is 0 Å². The van der Waals surface area contributed by atoms with Crippen LogP contribution in [0.1, 0.15) is 12.5 Å². The summed E-state index contributed by atoms with van der Waals surface area (Å²) in [4.78, 5) is 9.96. The predicted molar refractivity (Wildman–Crippen MR) is 50.4 cm³/mol. The molecule has 0 heterocycles. The molecule has 0 spiro atoms. The van der Waals surface area contributed by atoms with Gasteiger partial charge in [0.2, 0.25) is 0 Å². The normalized spacial score (nSPS) is 12.5. The SMILES string of the molecule is CC(N)Cc1c(F)cccc1[N+](=O)[O-]. The number of hydrogen-bond acceptors (Lipinski definition) is 3. The maximum absolute atomic E-state index is 13.2. The van der Waals surface area contributed by atoms with Gasteiger partial charge in [-0.1, -0.05) is 6.07 Å². The fourth-order valence-electron chi connectivity index (χ4n) is 1.24. The van der Waals surface area contributed by atoms with Crippen LogP contribution in [0.4, 0.5) is 10.1 Å². The van der Waals surface area contributed by atoms with E-state index in [9.17, 15) is 14.5 Å². The van der Waals surface area contributed by atoms with Crippen molar-refractivity contribution in [1.29, 1.82) is 0 Å². The third kappa shape index (κ3) is 2.26. The first-order valence-electron chi connectivity index (χ1n) is 4.19. The molecular weight excluding hydrogens is 187 g/mol. The minimum absolute atomic E-state index is 0.0764. The van der Waals surface area contributed by atoms with Gasteiger partial charge in [0.1, 0.15) is 5.82 Å². The van der Waals surface area contributed by atoms with E-state index in [1.807, 2.05) is 0 Å². The molecule has 1 aromatic carbocycles. The van der Waals surface area contributed by atoms with Gasteiger partial charge >= 0.3 is 0 Å². The largest absolute Gasteiger partial charge is 0.328 e. The number of nitro benzene ring substituents is 1. The maximum atomic E-state index is 13.2. The van der Waals surface area contributed by atoms with Crippen molar-refractivity contribution in [3.05, 3.63) is 39.7 Å². The molecule has 0 bridgehead atoms. The highest BCUT2D eigenvalue weighted by atomic mass is 19.1. The van der Waals surface area contributed by atoms with Gasteiger partial charge in [0.05, 0.1) is 10.5 Å². The third-order valence-electron chi connectivity index (χ3n) is 1.82. The first-order valence-corrected chi connectivity index (χ1v) is 4.19. The molecule has 0 aromatic heterocycles. The van der Waals surface area contributed by atoms with Crippen LogP contribution >= 0.6 is 0 Å². The topological polar surface area (TPSA) is 69.2 Å². The van der Waals surface area contributed by atoms with E-state index in [0.717, 1.165) is 0 Å². The van der Waals surface area contributed by atoms with Gasteiger partial charge in [-0.15, -0.1) is 0 Å². The van der Waals surface area contributed by atoms with Gasteiger partial charge in [0.25, 0.3) is 5.69 Å². The van der Waals surface area contributed by atoms with Crippen LogP contribution in [0.15, 0.2) is 18.2 Å². The van der Waals surface area contributed by atoms with Crippen molar-refractivity contribution in [3.63, 3.8) is 0 Å². The second-order valence-electron chi connectivity index (χ2n) is 3.18. The number of nitrogens with two attached hydrogens (primary N) is 1. The highest BCUT2D eigenvalue weighted by Crippen LogP contribution is 2.22. The second kappa shape index (κ2) is 4.15. The minimum atomic E-state index is -0.596. The van der Waals surface area contributed by atoms with Crippen molar-refractivity contribution in [2.24, 2.45) is 5.73 Å². The minimum Gasteiger partial charge on any atom is -0.328 e. The highest BCUT2D eigenvalue weighted by Gasteiger charge is 2.18. The highest BCUT2D eigenvalue weighted by molar-refractivity contribution is 5.41. The summed E-state index contributed by atoms with van der Waals surface area (Å²) in [6.07, 6.45) is 0.170. The molecule has 0 aliphatic rings. The Hall–Kier alpha value is -1.49. The molecule has 0 saturated carbocycles. The summed E-state index contributed by atoms with van der Waals surface area (Å²) in [6, 6.07) is 3.49. The van der Waals surface area contributed by atoms with Crippen LogP contribution in [0, 0.1) is 15.9 Å². The van der Waals surface area contributed by atoms with Crippen LogP contribution < -0.4 is 5.73 Å². The van der Waals surface area contributed by atoms with E-state index in [0.29, 0.717) is 0 Å². The second-order valence-corrected chi connectivity index (χ2v) is 3.18. The average Bonchev–Trinajstić information content (AvgIpc) is 2.07. The lowest BCUT2D eigenvalue weighted by Crippen LogP contribution is -2.19. The van der Waals surface area contributed by atoms with Crippen molar-refractivity contribution in [3.8, 4) is 0 Å². The first-order chi connectivity index (χ1) is 6.52. The van der Waals surface area contributed by atoms with Crippen LogP contribution in [0.2, 0.25) is 0 Å². The molecule has 4 nitrogen and oxygen atoms in total. The number of nitro groups is 1. The fourth-order valence-corrected chi connectivity index (χ4v) is 1.24. The lowest BCUT2D eigenvalue weighted by Gasteiger charge is -2.06. The molecule has 1 rings (SSSR count). The van der Waals surface area contributed by atoms with Crippen molar-refractivity contribution >= 4 is 5.69 Å². The number of rotatable bonds is 3. The van der Waals surface area contributed by atoms with E-state index in [-0.39, 0.29) is 23.7 Å². The van der Waals surface area contributed by atoms with Crippen molar-refractivity contribution < 1.29 is 9.31 Å². The van der Waals surface area contributed by atoms with Gasteiger partial charge in [-0.3, -0.25) is 10.1 Å². The number of nitrogens with zero attached hydrogens (tertiary/aromatic N) is 1. The molecule has 1 atom stereocenters. The summed E-state index contributed by atoms with van der Waals surface area (Å²) >= 11 is 0. The van der Waals surface area contributed by atoms with Gasteiger partial charge in [0.15, 0.2) is 0 Å². The number of benzene rings is 1. The monoisotopic (exact) mass is 198 g/mol. The molecule has 2 N–H and O–H groups in total. The van der Waals surface area contributed by atoms with Crippen LogP contribution in [0.5, 0.6) is 0 Å². The lowest BCUT2D eigenvalue weighted by molar-refractivity contribution is -0.385. The number of halogens is 1. The predicted octanol–water partition coefficient (Wildman–Crippen LogP) is 1.62. The smallest absolute Gasteiger partial charge is 0.275 e. The van der Waals surface area contributed by atoms with Gasteiger partial charge < -0.3 is 5.73 Å². The molecule has 1 aromatic rings. The first kappa shape index (κ1) is 10.6. The Bertz CT molecular complexity index is 353. The Morgan fingerprint density at radius 2 is 2.29 bits per heavy atom. The van der Waals surface area contributed by atoms with Gasteiger partial charge in [0, 0.05) is 12.1 Å². The summed E-state index contributed by atoms with van der Waals surface area (Å²) in [5.74, 6) is -0.573. The van der Waals surface area contributed by atoms with E-state index in [1.54, 1.807) is 6.92 Å². The summed E-state index contributed by atoms with van der Waals surface area (Å²) < 4.78 is 13.2. The summed E-state index contributed by atoms with van der Waals surface area (Å²) in [5.41, 5.74) is 5.34. The molecular formula is C9H11FN2O2. The Morgan fingerprint density at radius 3 is 2.79 bits per heavy atom. The molecule has 0 saturated heterocycles. The Balaban J connectivity index is 3.15. The van der Waals surface area contributed by atoms with E-state index >= 15 is 0 Å². The number of hydrogen-bond donors (Lipinski definition) is 1. The van der Waals surface area contributed by atoms with Crippen LogP contribution in [-0.2, 0) is 6.42 Å². The molecule has 5 heteroatoms. The van der Waals surface area contributed by atoms with E-state index in [2.05, 4.69) is 0 Å². The Kier molecular flexibility index (Phi) is 3.14. The van der Waals surface area contributed by atoms with Crippen LogP contribution in [-0.4, -0.2) is 11.0 Å². The van der Waals surface area contributed by atoms with Gasteiger partial charge in [-0.2, -0.15) is 0 Å². The van der Waals surface area contributed by atoms with E-state index < -0.39 is 10.7 Å². The van der Waals surface area contributed by atoms with E-state index in [4.69, 9.17) is 5.73 Å². The third-order valence-corrected chi connectivity index (χ3v) is 1.82. The van der Waals surface area contributed by atoms with E-state index in [1.165, 1.54) is 18.2 Å². The van der Waals surface area contributed by atoms with Crippen LogP contribution in [0.25, 0.3) is 0 Å². The molecule has 14 heavy (non-hydrogen) atoms. The molecule has 0 aliphatic carbocycles. The molecule has 0 fully saturated rings. The zero-order valence-corrected chi connectivity index (χ0v) is 7.74. The van der Waals surface area contributed by atoms with Crippen molar-refractivity contribution in [1.82, 2.24) is 0 Å². The summed E-state index contributed by atoms with van der Waals surface area (Å²) in [7, 11) is 0. The Labute approximate surface area is 80.7 Å². The molecule has 0 amide bonds. The van der Waals surface area contributed by atoms with Crippen molar-refractivity contribution in [2.75, 3.05) is 0 Å². The standard InChI is InChI=1S/C9H11FN2O2/c1-6(11)5-7-8(10)3-2-4-9(7)12(13)14/h2-4,6H,5,11H2,1H3. The molecule has 76 valence electrons. The summed E-state index contributed by atoms with van der Waals surface area (Å²) in [6.45, 7) is 1.68. The average molecular weight is 198 g/mol. The Morgan fingerprint density at radius 1 is 1.64 bits per heavy atom. The van der Waals surface area contributed by atoms with Gasteiger partial charge in [-0.05, 0) is 19.4 Å². The molecule has 0 radical (unpaired) electrons. The zero-order chi connectivity index (χ0) is 10.7. The maximum Gasteiger partial charge on any atom is 0.275 e. The zero-order valence-electron chi connectivity index (χ0n) is 7.74. The van der Waals surface area contributed by atoms with Gasteiger partial charge in [-0.25, -0.2) is 4.39 Å². The van der Waals surface area contributed by atoms with Crippen molar-refractivity contribution in [2.45, 2.75) is 19.4 Å². The summed E-state index contributed by atoms with van der Waals surface area (Å²) in [5, 5.41) is 10.6. The fraction of sp³-hybridized carbons (Fsp3) is 0.333. The lowest BCUT2D eigenvalue weighted by atomic mass is 10.1.